The molecule has 0 aliphatic rings. The SMILES string of the molecule is CP(C)(=O)Oc1cccc2ccoc12. The Bertz CT molecular complexity index is 495. The summed E-state index contributed by atoms with van der Waals surface area (Å²) in [6.45, 7) is 3.16. The van der Waals surface area contributed by atoms with Crippen LogP contribution in [0.3, 0.4) is 0 Å². The van der Waals surface area contributed by atoms with Crippen molar-refractivity contribution in [2.24, 2.45) is 0 Å². The van der Waals surface area contributed by atoms with Gasteiger partial charge in [-0.2, -0.15) is 0 Å². The third kappa shape index (κ3) is 1.83. The summed E-state index contributed by atoms with van der Waals surface area (Å²) < 4.78 is 22.1. The minimum atomic E-state index is -2.53. The predicted molar refractivity (Wildman–Crippen MR) is 56.3 cm³/mol. The summed E-state index contributed by atoms with van der Waals surface area (Å²) in [7, 11) is -2.53. The molecule has 0 atom stereocenters. The van der Waals surface area contributed by atoms with Gasteiger partial charge in [-0.15, -0.1) is 0 Å². The number of benzene rings is 1. The van der Waals surface area contributed by atoms with E-state index in [1.807, 2.05) is 18.2 Å². The fourth-order valence-corrected chi connectivity index (χ4v) is 1.89. The van der Waals surface area contributed by atoms with Crippen molar-refractivity contribution in [2.75, 3.05) is 13.3 Å². The number of furan rings is 1. The number of para-hydroxylation sites is 1. The van der Waals surface area contributed by atoms with E-state index < -0.39 is 7.37 Å². The lowest BCUT2D eigenvalue weighted by molar-refractivity contribution is 0.488. The molecule has 0 N–H and O–H groups in total. The van der Waals surface area contributed by atoms with E-state index in [1.54, 1.807) is 25.7 Å². The molecular formula is C10H11O3P. The molecule has 0 fully saturated rings. The first kappa shape index (κ1) is 9.35. The van der Waals surface area contributed by atoms with Crippen molar-refractivity contribution in [1.82, 2.24) is 0 Å². The zero-order valence-electron chi connectivity index (χ0n) is 8.06. The van der Waals surface area contributed by atoms with Gasteiger partial charge in [0.25, 0.3) is 0 Å². The maximum Gasteiger partial charge on any atom is 0.242 e. The quantitative estimate of drug-likeness (QED) is 0.713. The Kier molecular flexibility index (Phi) is 2.12. The van der Waals surface area contributed by atoms with Crippen LogP contribution in [-0.4, -0.2) is 13.3 Å². The molecule has 0 radical (unpaired) electrons. The van der Waals surface area contributed by atoms with E-state index in [9.17, 15) is 4.57 Å². The summed E-state index contributed by atoms with van der Waals surface area (Å²) in [5.41, 5.74) is 0.649. The second-order valence-corrected chi connectivity index (χ2v) is 6.13. The summed E-state index contributed by atoms with van der Waals surface area (Å²) in [6.07, 6.45) is 1.59. The smallest absolute Gasteiger partial charge is 0.242 e. The minimum Gasteiger partial charge on any atom is -0.460 e. The molecule has 0 aliphatic carbocycles. The van der Waals surface area contributed by atoms with E-state index in [-0.39, 0.29) is 0 Å². The van der Waals surface area contributed by atoms with Gasteiger partial charge in [0.05, 0.1) is 6.26 Å². The molecule has 1 heterocycles. The number of fused-ring (bicyclic) bond motifs is 1. The first-order chi connectivity index (χ1) is 6.56. The van der Waals surface area contributed by atoms with Crippen molar-refractivity contribution in [2.45, 2.75) is 0 Å². The van der Waals surface area contributed by atoms with Gasteiger partial charge in [0.1, 0.15) is 0 Å². The molecular weight excluding hydrogens is 199 g/mol. The molecule has 0 amide bonds. The Balaban J connectivity index is 2.52. The van der Waals surface area contributed by atoms with Gasteiger partial charge < -0.3 is 8.94 Å². The molecule has 74 valence electrons. The largest absolute Gasteiger partial charge is 0.460 e. The summed E-state index contributed by atoms with van der Waals surface area (Å²) in [4.78, 5) is 0. The van der Waals surface area contributed by atoms with Crippen LogP contribution in [0.5, 0.6) is 5.75 Å². The van der Waals surface area contributed by atoms with Crippen LogP contribution in [0, 0.1) is 0 Å². The molecule has 4 heteroatoms. The average molecular weight is 210 g/mol. The molecule has 2 rings (SSSR count). The molecule has 2 aromatic rings. The van der Waals surface area contributed by atoms with Gasteiger partial charge in [0, 0.05) is 18.7 Å². The van der Waals surface area contributed by atoms with E-state index in [0.29, 0.717) is 11.3 Å². The molecule has 1 aromatic heterocycles. The Morgan fingerprint density at radius 2 is 2.07 bits per heavy atom. The van der Waals surface area contributed by atoms with Gasteiger partial charge in [-0.05, 0) is 12.1 Å². The number of hydrogen-bond donors (Lipinski definition) is 0. The second kappa shape index (κ2) is 3.18. The van der Waals surface area contributed by atoms with Gasteiger partial charge in [-0.25, -0.2) is 0 Å². The van der Waals surface area contributed by atoms with E-state index in [4.69, 9.17) is 8.94 Å². The molecule has 0 unspecified atom stereocenters. The fraction of sp³-hybridized carbons (Fsp3) is 0.200. The Hall–Kier alpha value is -1.21. The minimum absolute atomic E-state index is 0.542. The van der Waals surface area contributed by atoms with Crippen molar-refractivity contribution in [3.63, 3.8) is 0 Å². The van der Waals surface area contributed by atoms with Crippen LogP contribution >= 0.6 is 7.37 Å². The van der Waals surface area contributed by atoms with E-state index in [1.165, 1.54) is 0 Å². The van der Waals surface area contributed by atoms with Crippen molar-refractivity contribution < 1.29 is 13.5 Å². The lowest BCUT2D eigenvalue weighted by Gasteiger charge is -2.09. The van der Waals surface area contributed by atoms with Crippen molar-refractivity contribution in [3.8, 4) is 5.75 Å². The van der Waals surface area contributed by atoms with Gasteiger partial charge in [-0.3, -0.25) is 4.57 Å². The van der Waals surface area contributed by atoms with Crippen LogP contribution in [0.25, 0.3) is 11.0 Å². The molecule has 0 spiro atoms. The Labute approximate surface area is 82.1 Å². The van der Waals surface area contributed by atoms with E-state index in [2.05, 4.69) is 0 Å². The van der Waals surface area contributed by atoms with Crippen LogP contribution in [0.2, 0.25) is 0 Å². The van der Waals surface area contributed by atoms with Gasteiger partial charge >= 0.3 is 0 Å². The lowest BCUT2D eigenvalue weighted by atomic mass is 10.2. The van der Waals surface area contributed by atoms with Crippen LogP contribution in [0.15, 0.2) is 34.9 Å². The molecule has 0 bridgehead atoms. The highest BCUT2D eigenvalue weighted by Crippen LogP contribution is 2.41. The highest BCUT2D eigenvalue weighted by Gasteiger charge is 2.12. The van der Waals surface area contributed by atoms with Crippen LogP contribution < -0.4 is 4.52 Å². The van der Waals surface area contributed by atoms with E-state index >= 15 is 0 Å². The first-order valence-corrected chi connectivity index (χ1v) is 6.79. The Morgan fingerprint density at radius 3 is 2.79 bits per heavy atom. The summed E-state index contributed by atoms with van der Waals surface area (Å²) in [5, 5.41) is 0.955. The molecule has 14 heavy (non-hydrogen) atoms. The highest BCUT2D eigenvalue weighted by atomic mass is 31.2. The Morgan fingerprint density at radius 1 is 1.29 bits per heavy atom. The topological polar surface area (TPSA) is 39.4 Å². The maximum absolute atomic E-state index is 11.5. The van der Waals surface area contributed by atoms with Crippen molar-refractivity contribution in [3.05, 3.63) is 30.5 Å². The van der Waals surface area contributed by atoms with E-state index in [0.717, 1.165) is 5.39 Å². The van der Waals surface area contributed by atoms with Crippen LogP contribution in [0.1, 0.15) is 0 Å². The molecule has 0 aliphatic heterocycles. The zero-order chi connectivity index (χ0) is 10.2. The maximum atomic E-state index is 11.5. The monoisotopic (exact) mass is 210 g/mol. The van der Waals surface area contributed by atoms with Gasteiger partial charge in [0.2, 0.25) is 7.37 Å². The normalized spacial score (nSPS) is 11.9. The zero-order valence-corrected chi connectivity index (χ0v) is 8.95. The van der Waals surface area contributed by atoms with Crippen molar-refractivity contribution >= 4 is 18.3 Å². The standard InChI is InChI=1S/C10H11O3P/c1-14(2,11)13-9-5-3-4-8-6-7-12-10(8)9/h3-7H,1-2H3. The fourth-order valence-electron chi connectivity index (χ4n) is 1.27. The molecule has 0 saturated heterocycles. The van der Waals surface area contributed by atoms with Gasteiger partial charge in [-0.1, -0.05) is 12.1 Å². The van der Waals surface area contributed by atoms with Crippen molar-refractivity contribution in [1.29, 1.82) is 0 Å². The third-order valence-corrected chi connectivity index (χ3v) is 2.40. The van der Waals surface area contributed by atoms with Crippen LogP contribution in [0.4, 0.5) is 0 Å². The number of rotatable bonds is 2. The third-order valence-electron chi connectivity index (χ3n) is 1.76. The molecule has 0 saturated carbocycles. The lowest BCUT2D eigenvalue weighted by Crippen LogP contribution is -1.88. The van der Waals surface area contributed by atoms with Crippen LogP contribution in [-0.2, 0) is 4.57 Å². The highest BCUT2D eigenvalue weighted by molar-refractivity contribution is 7.57. The molecule has 1 aromatic carbocycles. The second-order valence-electron chi connectivity index (χ2n) is 3.44. The summed E-state index contributed by atoms with van der Waals surface area (Å²) >= 11 is 0. The predicted octanol–water partition coefficient (Wildman–Crippen LogP) is 3.35. The average Bonchev–Trinajstić information content (AvgIpc) is 2.49. The first-order valence-electron chi connectivity index (χ1n) is 4.27. The molecule has 3 nitrogen and oxygen atoms in total. The summed E-state index contributed by atoms with van der Waals surface area (Å²) in [5.74, 6) is 0.542. The summed E-state index contributed by atoms with van der Waals surface area (Å²) in [6, 6.07) is 7.37. The van der Waals surface area contributed by atoms with Gasteiger partial charge in [0.15, 0.2) is 11.3 Å². The number of hydrogen-bond acceptors (Lipinski definition) is 3.